The number of hydrogen-bond acceptors (Lipinski definition) is 3. The summed E-state index contributed by atoms with van der Waals surface area (Å²) in [5, 5.41) is 3.33. The van der Waals surface area contributed by atoms with E-state index in [0.717, 1.165) is 18.0 Å². The summed E-state index contributed by atoms with van der Waals surface area (Å²) in [6.45, 7) is 4.40. The first-order valence-corrected chi connectivity index (χ1v) is 7.19. The topological polar surface area (TPSA) is 38.9 Å². The van der Waals surface area contributed by atoms with Crippen LogP contribution in [0.3, 0.4) is 0 Å². The molecule has 2 rings (SSSR count). The third-order valence-electron chi connectivity index (χ3n) is 3.66. The van der Waals surface area contributed by atoms with Crippen molar-refractivity contribution < 1.29 is 0 Å². The normalized spacial score (nSPS) is 27.9. The van der Waals surface area contributed by atoms with Gasteiger partial charge in [0, 0.05) is 23.5 Å². The summed E-state index contributed by atoms with van der Waals surface area (Å²) in [6.07, 6.45) is 6.34. The standard InChI is InChI=1S/C13H22N2S/c1-9-4-3-5-11(6-9)12(14)7-13-15-10(2)8-16-13/h8-9,11-12H,3-7,14H2,1-2H3. The molecule has 1 saturated carbocycles. The van der Waals surface area contributed by atoms with Gasteiger partial charge in [0.15, 0.2) is 0 Å². The minimum Gasteiger partial charge on any atom is -0.327 e. The van der Waals surface area contributed by atoms with Crippen LogP contribution in [0, 0.1) is 18.8 Å². The number of thiazole rings is 1. The van der Waals surface area contributed by atoms with Crippen LogP contribution in [0.25, 0.3) is 0 Å². The fourth-order valence-electron chi connectivity index (χ4n) is 2.73. The van der Waals surface area contributed by atoms with Gasteiger partial charge in [-0.1, -0.05) is 19.8 Å². The number of aryl methyl sites for hydroxylation is 1. The lowest BCUT2D eigenvalue weighted by atomic mass is 9.78. The zero-order chi connectivity index (χ0) is 11.5. The van der Waals surface area contributed by atoms with Crippen LogP contribution in [0.1, 0.15) is 43.3 Å². The van der Waals surface area contributed by atoms with Gasteiger partial charge in [0.2, 0.25) is 0 Å². The van der Waals surface area contributed by atoms with Gasteiger partial charge in [0.25, 0.3) is 0 Å². The molecule has 2 N–H and O–H groups in total. The summed E-state index contributed by atoms with van der Waals surface area (Å²) in [6, 6.07) is 0.313. The van der Waals surface area contributed by atoms with E-state index in [9.17, 15) is 0 Å². The summed E-state index contributed by atoms with van der Waals surface area (Å²) < 4.78 is 0. The minimum atomic E-state index is 0.313. The van der Waals surface area contributed by atoms with E-state index in [1.54, 1.807) is 11.3 Å². The molecule has 0 aromatic carbocycles. The molecular weight excluding hydrogens is 216 g/mol. The fraction of sp³-hybridized carbons (Fsp3) is 0.769. The van der Waals surface area contributed by atoms with Crippen LogP contribution >= 0.6 is 11.3 Å². The molecule has 0 amide bonds. The molecule has 2 nitrogen and oxygen atoms in total. The zero-order valence-electron chi connectivity index (χ0n) is 10.3. The number of aromatic nitrogens is 1. The Balaban J connectivity index is 1.89. The first-order valence-electron chi connectivity index (χ1n) is 6.31. The van der Waals surface area contributed by atoms with Gasteiger partial charge in [-0.3, -0.25) is 0 Å². The lowest BCUT2D eigenvalue weighted by Crippen LogP contribution is -2.35. The summed E-state index contributed by atoms with van der Waals surface area (Å²) in [7, 11) is 0. The molecule has 0 bridgehead atoms. The number of rotatable bonds is 3. The molecule has 0 spiro atoms. The second-order valence-corrected chi connectivity index (χ2v) is 6.23. The fourth-order valence-corrected chi connectivity index (χ4v) is 3.58. The van der Waals surface area contributed by atoms with Crippen LogP contribution in [0.4, 0.5) is 0 Å². The molecule has 3 heteroatoms. The Morgan fingerprint density at radius 2 is 2.38 bits per heavy atom. The van der Waals surface area contributed by atoms with Crippen LogP contribution in [0.15, 0.2) is 5.38 Å². The molecule has 3 atom stereocenters. The maximum absolute atomic E-state index is 6.32. The molecule has 0 radical (unpaired) electrons. The minimum absolute atomic E-state index is 0.313. The molecule has 16 heavy (non-hydrogen) atoms. The smallest absolute Gasteiger partial charge is 0.0943 e. The average Bonchev–Trinajstić information content (AvgIpc) is 2.64. The van der Waals surface area contributed by atoms with Crippen molar-refractivity contribution in [3.05, 3.63) is 16.1 Å². The SMILES string of the molecule is Cc1csc(CC(N)C2CCCC(C)C2)n1. The lowest BCUT2D eigenvalue weighted by Gasteiger charge is -2.30. The van der Waals surface area contributed by atoms with Crippen molar-refractivity contribution >= 4 is 11.3 Å². The van der Waals surface area contributed by atoms with E-state index in [1.807, 2.05) is 6.92 Å². The monoisotopic (exact) mass is 238 g/mol. The van der Waals surface area contributed by atoms with E-state index in [2.05, 4.69) is 17.3 Å². The molecule has 1 heterocycles. The average molecular weight is 238 g/mol. The number of nitrogens with zero attached hydrogens (tertiary/aromatic N) is 1. The maximum atomic E-state index is 6.32. The third kappa shape index (κ3) is 3.05. The molecule has 1 aliphatic rings. The molecule has 1 fully saturated rings. The van der Waals surface area contributed by atoms with Crippen LogP contribution < -0.4 is 5.73 Å². The predicted octanol–water partition coefficient (Wildman–Crippen LogP) is 3.15. The van der Waals surface area contributed by atoms with Gasteiger partial charge in [-0.2, -0.15) is 0 Å². The van der Waals surface area contributed by atoms with E-state index in [0.29, 0.717) is 12.0 Å². The van der Waals surface area contributed by atoms with E-state index in [4.69, 9.17) is 5.73 Å². The maximum Gasteiger partial charge on any atom is 0.0943 e. The Bertz CT molecular complexity index is 334. The summed E-state index contributed by atoms with van der Waals surface area (Å²) >= 11 is 1.75. The van der Waals surface area contributed by atoms with Crippen LogP contribution in [-0.4, -0.2) is 11.0 Å². The van der Waals surface area contributed by atoms with Crippen molar-refractivity contribution in [3.8, 4) is 0 Å². The van der Waals surface area contributed by atoms with Crippen molar-refractivity contribution in [2.45, 2.75) is 52.0 Å². The Labute approximate surface area is 102 Å². The Hall–Kier alpha value is -0.410. The third-order valence-corrected chi connectivity index (χ3v) is 4.65. The first kappa shape index (κ1) is 12.1. The first-order chi connectivity index (χ1) is 7.65. The van der Waals surface area contributed by atoms with Crippen LogP contribution in [-0.2, 0) is 6.42 Å². The van der Waals surface area contributed by atoms with Crippen molar-refractivity contribution in [1.29, 1.82) is 0 Å². The van der Waals surface area contributed by atoms with Gasteiger partial charge in [-0.05, 0) is 31.6 Å². The quantitative estimate of drug-likeness (QED) is 0.878. The molecule has 1 aromatic rings. The summed E-state index contributed by atoms with van der Waals surface area (Å²) in [5.41, 5.74) is 7.45. The molecule has 0 aliphatic heterocycles. The van der Waals surface area contributed by atoms with Gasteiger partial charge < -0.3 is 5.73 Å². The molecule has 1 aliphatic carbocycles. The Kier molecular flexibility index (Phi) is 3.98. The second kappa shape index (κ2) is 5.28. The highest BCUT2D eigenvalue weighted by Gasteiger charge is 2.24. The number of nitrogens with two attached hydrogens (primary N) is 1. The van der Waals surface area contributed by atoms with Crippen LogP contribution in [0.5, 0.6) is 0 Å². The lowest BCUT2D eigenvalue weighted by molar-refractivity contribution is 0.245. The van der Waals surface area contributed by atoms with Gasteiger partial charge in [-0.25, -0.2) is 4.98 Å². The Morgan fingerprint density at radius 1 is 1.56 bits per heavy atom. The molecule has 3 unspecified atom stereocenters. The summed E-state index contributed by atoms with van der Waals surface area (Å²) in [5.74, 6) is 1.58. The van der Waals surface area contributed by atoms with Crippen molar-refractivity contribution in [1.82, 2.24) is 4.98 Å². The highest BCUT2D eigenvalue weighted by molar-refractivity contribution is 7.09. The van der Waals surface area contributed by atoms with Gasteiger partial charge >= 0.3 is 0 Å². The van der Waals surface area contributed by atoms with Gasteiger partial charge in [0.1, 0.15) is 0 Å². The Morgan fingerprint density at radius 3 is 3.00 bits per heavy atom. The highest BCUT2D eigenvalue weighted by atomic mass is 32.1. The molecule has 0 saturated heterocycles. The van der Waals surface area contributed by atoms with Crippen molar-refractivity contribution in [2.24, 2.45) is 17.6 Å². The van der Waals surface area contributed by atoms with E-state index < -0.39 is 0 Å². The molecule has 1 aromatic heterocycles. The molecular formula is C13H22N2S. The van der Waals surface area contributed by atoms with Gasteiger partial charge in [-0.15, -0.1) is 11.3 Å². The largest absolute Gasteiger partial charge is 0.327 e. The van der Waals surface area contributed by atoms with E-state index in [1.165, 1.54) is 30.7 Å². The van der Waals surface area contributed by atoms with E-state index >= 15 is 0 Å². The summed E-state index contributed by atoms with van der Waals surface area (Å²) in [4.78, 5) is 4.50. The second-order valence-electron chi connectivity index (χ2n) is 5.28. The molecule has 90 valence electrons. The van der Waals surface area contributed by atoms with Crippen molar-refractivity contribution in [3.63, 3.8) is 0 Å². The predicted molar refractivity (Wildman–Crippen MR) is 69.7 cm³/mol. The number of hydrogen-bond donors (Lipinski definition) is 1. The van der Waals surface area contributed by atoms with Gasteiger partial charge in [0.05, 0.1) is 5.01 Å². The van der Waals surface area contributed by atoms with E-state index in [-0.39, 0.29) is 0 Å². The zero-order valence-corrected chi connectivity index (χ0v) is 11.1. The van der Waals surface area contributed by atoms with Crippen LogP contribution in [0.2, 0.25) is 0 Å². The highest BCUT2D eigenvalue weighted by Crippen LogP contribution is 2.31. The van der Waals surface area contributed by atoms with Crippen molar-refractivity contribution in [2.75, 3.05) is 0 Å².